The Hall–Kier alpha value is -2.80. The molecule has 1 fully saturated rings. The van der Waals surface area contributed by atoms with E-state index in [0.29, 0.717) is 0 Å². The molecule has 10 nitrogen and oxygen atoms in total. The summed E-state index contributed by atoms with van der Waals surface area (Å²) in [5.41, 5.74) is -0.193. The first-order valence-corrected chi connectivity index (χ1v) is 12.9. The second kappa shape index (κ2) is 10.00. The number of carbonyl (C=O) groups excluding carboxylic acids is 2. The lowest BCUT2D eigenvalue weighted by atomic mass is 10.2. The van der Waals surface area contributed by atoms with E-state index in [2.05, 4.69) is 9.47 Å². The number of ether oxygens (including phenoxy) is 2. The Kier molecular flexibility index (Phi) is 7.52. The zero-order valence-corrected chi connectivity index (χ0v) is 19.8. The van der Waals surface area contributed by atoms with Gasteiger partial charge in [-0.2, -0.15) is 8.61 Å². The van der Waals surface area contributed by atoms with Gasteiger partial charge in [0.25, 0.3) is 0 Å². The average molecular weight is 497 g/mol. The van der Waals surface area contributed by atoms with Crippen LogP contribution in [0, 0.1) is 0 Å². The fourth-order valence-electron chi connectivity index (χ4n) is 3.57. The van der Waals surface area contributed by atoms with Crippen molar-refractivity contribution in [3.8, 4) is 0 Å². The number of benzene rings is 2. The Morgan fingerprint density at radius 1 is 0.667 bits per heavy atom. The molecule has 2 aromatic carbocycles. The SMILES string of the molecule is COC(=O)c1ccccc1S(=O)(=O)N1CCCN(S(=O)(=O)c2ccccc2C(=O)OC)CC1. The molecule has 0 saturated carbocycles. The summed E-state index contributed by atoms with van der Waals surface area (Å²) in [7, 11) is -5.87. The summed E-state index contributed by atoms with van der Waals surface area (Å²) in [5, 5.41) is 0. The Morgan fingerprint density at radius 2 is 1.03 bits per heavy atom. The van der Waals surface area contributed by atoms with Gasteiger partial charge in [-0.15, -0.1) is 0 Å². The Morgan fingerprint density at radius 3 is 1.39 bits per heavy atom. The van der Waals surface area contributed by atoms with Crippen molar-refractivity contribution in [1.29, 1.82) is 0 Å². The second-order valence-corrected chi connectivity index (χ2v) is 10.9. The third-order valence-corrected chi connectivity index (χ3v) is 9.15. The monoisotopic (exact) mass is 496 g/mol. The van der Waals surface area contributed by atoms with Crippen molar-refractivity contribution in [2.45, 2.75) is 16.2 Å². The molecule has 0 aromatic heterocycles. The number of methoxy groups -OCH3 is 2. The molecule has 1 heterocycles. The van der Waals surface area contributed by atoms with Gasteiger partial charge in [0.2, 0.25) is 20.0 Å². The Labute approximate surface area is 192 Å². The normalized spacial score (nSPS) is 16.1. The predicted molar refractivity (Wildman–Crippen MR) is 118 cm³/mol. The van der Waals surface area contributed by atoms with E-state index in [1.807, 2.05) is 0 Å². The van der Waals surface area contributed by atoms with Crippen molar-refractivity contribution in [3.63, 3.8) is 0 Å². The van der Waals surface area contributed by atoms with Crippen molar-refractivity contribution in [2.24, 2.45) is 0 Å². The molecular weight excluding hydrogens is 472 g/mol. The first kappa shape index (κ1) is 24.8. The zero-order chi connectivity index (χ0) is 24.2. The van der Waals surface area contributed by atoms with Crippen molar-refractivity contribution >= 4 is 32.0 Å². The van der Waals surface area contributed by atoms with E-state index in [-0.39, 0.29) is 53.5 Å². The minimum absolute atomic E-state index is 0.0580. The molecule has 0 aliphatic carbocycles. The van der Waals surface area contributed by atoms with E-state index in [1.165, 1.54) is 48.5 Å². The van der Waals surface area contributed by atoms with Gasteiger partial charge in [-0.3, -0.25) is 0 Å². The molecular formula is C21H24N2O8S2. The average Bonchev–Trinajstić information content (AvgIpc) is 3.10. The van der Waals surface area contributed by atoms with Gasteiger partial charge in [0, 0.05) is 26.2 Å². The lowest BCUT2D eigenvalue weighted by molar-refractivity contribution is 0.0587. The van der Waals surface area contributed by atoms with Gasteiger partial charge in [-0.25, -0.2) is 26.4 Å². The number of nitrogens with zero attached hydrogens (tertiary/aromatic N) is 2. The maximum absolute atomic E-state index is 13.3. The first-order valence-electron chi connectivity index (χ1n) is 9.99. The van der Waals surface area contributed by atoms with Crippen LogP contribution in [-0.4, -0.2) is 77.8 Å². The van der Waals surface area contributed by atoms with Crippen molar-refractivity contribution in [3.05, 3.63) is 59.7 Å². The molecule has 0 amide bonds. The summed E-state index contributed by atoms with van der Waals surface area (Å²) in [6, 6.07) is 11.4. The summed E-state index contributed by atoms with van der Waals surface area (Å²) < 4.78 is 64.8. The highest BCUT2D eigenvalue weighted by molar-refractivity contribution is 7.89. The van der Waals surface area contributed by atoms with Gasteiger partial charge in [-0.05, 0) is 30.7 Å². The largest absolute Gasteiger partial charge is 0.465 e. The topological polar surface area (TPSA) is 127 Å². The van der Waals surface area contributed by atoms with E-state index < -0.39 is 32.0 Å². The first-order chi connectivity index (χ1) is 15.6. The fourth-order valence-corrected chi connectivity index (χ4v) is 6.87. The number of hydrogen-bond donors (Lipinski definition) is 0. The van der Waals surface area contributed by atoms with Gasteiger partial charge in [-0.1, -0.05) is 24.3 Å². The van der Waals surface area contributed by atoms with Gasteiger partial charge < -0.3 is 9.47 Å². The lowest BCUT2D eigenvalue weighted by Gasteiger charge is -2.23. The van der Waals surface area contributed by atoms with E-state index in [9.17, 15) is 26.4 Å². The summed E-state index contributed by atoms with van der Waals surface area (Å²) in [6.07, 6.45) is 0.221. The molecule has 1 aliphatic heterocycles. The van der Waals surface area contributed by atoms with Crippen LogP contribution in [0.5, 0.6) is 0 Å². The highest BCUT2D eigenvalue weighted by atomic mass is 32.2. The number of esters is 2. The standard InChI is InChI=1S/C21H24N2O8S2/c1-30-20(24)16-8-3-5-10-18(16)32(26,27)22-12-7-13-23(15-14-22)33(28,29)19-11-6-4-9-17(19)21(25)31-2/h3-6,8-11H,7,12-15H2,1-2H3. The van der Waals surface area contributed by atoms with Crippen molar-refractivity contribution in [2.75, 3.05) is 40.4 Å². The number of rotatable bonds is 6. The zero-order valence-electron chi connectivity index (χ0n) is 18.1. The molecule has 3 rings (SSSR count). The molecule has 0 bridgehead atoms. The molecule has 33 heavy (non-hydrogen) atoms. The number of sulfonamides is 2. The van der Waals surface area contributed by atoms with Crippen LogP contribution in [0.1, 0.15) is 27.1 Å². The van der Waals surface area contributed by atoms with E-state index >= 15 is 0 Å². The van der Waals surface area contributed by atoms with Crippen LogP contribution in [0.2, 0.25) is 0 Å². The lowest BCUT2D eigenvalue weighted by Crippen LogP contribution is -2.38. The Balaban J connectivity index is 1.89. The van der Waals surface area contributed by atoms with Gasteiger partial charge in [0.15, 0.2) is 0 Å². The molecule has 178 valence electrons. The molecule has 0 radical (unpaired) electrons. The third-order valence-electron chi connectivity index (χ3n) is 5.23. The quantitative estimate of drug-likeness (QED) is 0.549. The van der Waals surface area contributed by atoms with Crippen LogP contribution in [0.3, 0.4) is 0 Å². The van der Waals surface area contributed by atoms with E-state index in [4.69, 9.17) is 0 Å². The smallest absolute Gasteiger partial charge is 0.339 e. The van der Waals surface area contributed by atoms with E-state index in [0.717, 1.165) is 22.8 Å². The predicted octanol–water partition coefficient (Wildman–Crippen LogP) is 1.35. The maximum atomic E-state index is 13.3. The van der Waals surface area contributed by atoms with Crippen LogP contribution in [-0.2, 0) is 29.5 Å². The van der Waals surface area contributed by atoms with Gasteiger partial charge in [0.05, 0.1) is 35.1 Å². The maximum Gasteiger partial charge on any atom is 0.339 e. The second-order valence-electron chi connectivity index (χ2n) is 7.14. The molecule has 0 spiro atoms. The van der Waals surface area contributed by atoms with Crippen LogP contribution in [0.4, 0.5) is 0 Å². The fraction of sp³-hybridized carbons (Fsp3) is 0.333. The van der Waals surface area contributed by atoms with Crippen LogP contribution in [0.15, 0.2) is 58.3 Å². The Bertz CT molecular complexity index is 1160. The minimum atomic E-state index is -4.09. The van der Waals surface area contributed by atoms with Crippen LogP contribution >= 0.6 is 0 Å². The summed E-state index contributed by atoms with van der Waals surface area (Å²) in [5.74, 6) is -1.57. The molecule has 2 aromatic rings. The van der Waals surface area contributed by atoms with Crippen LogP contribution in [0.25, 0.3) is 0 Å². The van der Waals surface area contributed by atoms with E-state index in [1.54, 1.807) is 0 Å². The van der Waals surface area contributed by atoms with Crippen molar-refractivity contribution < 1.29 is 35.9 Å². The van der Waals surface area contributed by atoms with Gasteiger partial charge >= 0.3 is 11.9 Å². The van der Waals surface area contributed by atoms with Crippen molar-refractivity contribution in [1.82, 2.24) is 8.61 Å². The molecule has 12 heteroatoms. The minimum Gasteiger partial charge on any atom is -0.465 e. The molecule has 0 atom stereocenters. The summed E-state index contributed by atoms with van der Waals surface area (Å²) >= 11 is 0. The highest BCUT2D eigenvalue weighted by Crippen LogP contribution is 2.25. The van der Waals surface area contributed by atoms with Gasteiger partial charge in [0.1, 0.15) is 0 Å². The highest BCUT2D eigenvalue weighted by Gasteiger charge is 2.35. The summed E-state index contributed by atoms with van der Waals surface area (Å²) in [6.45, 7) is -0.139. The molecule has 1 saturated heterocycles. The van der Waals surface area contributed by atoms with Crippen LogP contribution < -0.4 is 0 Å². The molecule has 0 N–H and O–H groups in total. The third kappa shape index (κ3) is 4.93. The summed E-state index contributed by atoms with van der Waals surface area (Å²) in [4.78, 5) is 23.7. The number of carbonyl (C=O) groups is 2. The molecule has 0 unspecified atom stereocenters. The molecule has 1 aliphatic rings. The number of hydrogen-bond acceptors (Lipinski definition) is 8.